The van der Waals surface area contributed by atoms with E-state index in [4.69, 9.17) is 0 Å². The number of allylic oxidation sites excluding steroid dienone is 1. The highest BCUT2D eigenvalue weighted by Crippen LogP contribution is 2.17. The van der Waals surface area contributed by atoms with Crippen molar-refractivity contribution >= 4 is 12.4 Å². The minimum absolute atomic E-state index is 0.0811. The molecule has 2 aliphatic rings. The molecule has 0 aliphatic carbocycles. The number of carbonyl (C=O) groups is 1. The topological polar surface area (TPSA) is 39.1 Å². The molecular weight excluding hydrogens is 168 g/mol. The molecule has 5 nitrogen and oxygen atoms in total. The van der Waals surface area contributed by atoms with E-state index in [1.165, 1.54) is 5.01 Å². The summed E-state index contributed by atoms with van der Waals surface area (Å²) in [7, 11) is 1.74. The van der Waals surface area contributed by atoms with Crippen molar-refractivity contribution < 1.29 is 4.79 Å². The zero-order valence-electron chi connectivity index (χ0n) is 7.51. The first-order chi connectivity index (χ1) is 6.20. The average molecular weight is 178 g/mol. The molecule has 0 atom stereocenters. The minimum atomic E-state index is -0.0811. The van der Waals surface area contributed by atoms with E-state index in [9.17, 15) is 4.79 Å². The number of hydrogen-bond donors (Lipinski definition) is 0. The quantitative estimate of drug-likeness (QED) is 0.554. The number of hydrogen-bond acceptors (Lipinski definition) is 3. The smallest absolute Gasteiger partial charge is 0.298 e. The van der Waals surface area contributed by atoms with E-state index in [1.54, 1.807) is 35.7 Å². The zero-order valence-corrected chi connectivity index (χ0v) is 7.51. The van der Waals surface area contributed by atoms with E-state index in [0.717, 1.165) is 5.70 Å². The zero-order chi connectivity index (χ0) is 9.42. The van der Waals surface area contributed by atoms with Gasteiger partial charge in [0, 0.05) is 25.1 Å². The van der Waals surface area contributed by atoms with Crippen LogP contribution in [0.5, 0.6) is 0 Å². The summed E-state index contributed by atoms with van der Waals surface area (Å²) < 4.78 is 0. The van der Waals surface area contributed by atoms with Crippen LogP contribution < -0.4 is 0 Å². The molecule has 5 heteroatoms. The minimum Gasteiger partial charge on any atom is -0.298 e. The summed E-state index contributed by atoms with van der Waals surface area (Å²) in [6.07, 6.45) is 6.64. The van der Waals surface area contributed by atoms with Gasteiger partial charge in [0.2, 0.25) is 0 Å². The predicted octanol–water partition coefficient (Wildman–Crippen LogP) is 0.945. The molecule has 0 aromatic rings. The largest absolute Gasteiger partial charge is 0.347 e. The fourth-order valence-corrected chi connectivity index (χ4v) is 1.18. The molecule has 0 bridgehead atoms. The number of fused-ring (bicyclic) bond motifs is 1. The maximum atomic E-state index is 11.6. The van der Waals surface area contributed by atoms with E-state index in [-0.39, 0.29) is 6.03 Å². The Morgan fingerprint density at radius 3 is 3.00 bits per heavy atom. The third-order valence-electron chi connectivity index (χ3n) is 2.06. The molecule has 13 heavy (non-hydrogen) atoms. The third kappa shape index (κ3) is 1.09. The van der Waals surface area contributed by atoms with Crippen LogP contribution in [0.1, 0.15) is 6.92 Å². The normalized spacial score (nSPS) is 20.6. The van der Waals surface area contributed by atoms with Crippen molar-refractivity contribution in [1.82, 2.24) is 14.9 Å². The van der Waals surface area contributed by atoms with E-state index in [0.29, 0.717) is 0 Å². The summed E-state index contributed by atoms with van der Waals surface area (Å²) in [4.78, 5) is 17.1. The molecule has 68 valence electrons. The molecule has 0 saturated heterocycles. The number of carbonyl (C=O) groups excluding carboxylic acids is 1. The van der Waals surface area contributed by atoms with Crippen LogP contribution in [0.15, 0.2) is 29.3 Å². The van der Waals surface area contributed by atoms with Crippen molar-refractivity contribution in [1.29, 1.82) is 0 Å². The lowest BCUT2D eigenvalue weighted by Gasteiger charge is -2.37. The van der Waals surface area contributed by atoms with E-state index in [1.807, 2.05) is 13.1 Å². The Labute approximate surface area is 76.2 Å². The number of amides is 2. The molecule has 2 amide bonds. The Hall–Kier alpha value is -1.78. The summed E-state index contributed by atoms with van der Waals surface area (Å²) in [5.41, 5.74) is 0.892. The Morgan fingerprint density at radius 1 is 1.46 bits per heavy atom. The van der Waals surface area contributed by atoms with E-state index in [2.05, 4.69) is 4.99 Å². The molecule has 0 aromatic carbocycles. The maximum Gasteiger partial charge on any atom is 0.347 e. The van der Waals surface area contributed by atoms with Gasteiger partial charge in [0.15, 0.2) is 0 Å². The summed E-state index contributed by atoms with van der Waals surface area (Å²) >= 11 is 0. The van der Waals surface area contributed by atoms with Crippen LogP contribution in [0.25, 0.3) is 0 Å². The van der Waals surface area contributed by atoms with Crippen LogP contribution in [0.3, 0.4) is 0 Å². The third-order valence-corrected chi connectivity index (χ3v) is 2.06. The Balaban J connectivity index is 2.38. The van der Waals surface area contributed by atoms with Crippen LogP contribution in [-0.4, -0.2) is 34.3 Å². The van der Waals surface area contributed by atoms with Gasteiger partial charge in [-0.25, -0.2) is 19.8 Å². The second kappa shape index (κ2) is 2.62. The number of rotatable bonds is 0. The van der Waals surface area contributed by atoms with Gasteiger partial charge >= 0.3 is 6.03 Å². The summed E-state index contributed by atoms with van der Waals surface area (Å²) in [5.74, 6) is 0. The Bertz CT molecular complexity index is 331. The van der Waals surface area contributed by atoms with Gasteiger partial charge in [0.1, 0.15) is 6.34 Å². The molecule has 0 N–H and O–H groups in total. The molecule has 0 unspecified atom stereocenters. The molecule has 0 saturated carbocycles. The average Bonchev–Trinajstić information content (AvgIpc) is 2.15. The summed E-state index contributed by atoms with van der Waals surface area (Å²) in [5, 5.41) is 3.14. The fraction of sp³-hybridized carbons (Fsp3) is 0.250. The van der Waals surface area contributed by atoms with Crippen LogP contribution in [0.4, 0.5) is 4.79 Å². The molecule has 2 aliphatic heterocycles. The summed E-state index contributed by atoms with van der Waals surface area (Å²) in [6, 6.07) is -0.0811. The molecule has 2 rings (SSSR count). The maximum absolute atomic E-state index is 11.6. The highest BCUT2D eigenvalue weighted by molar-refractivity contribution is 5.80. The second-order valence-electron chi connectivity index (χ2n) is 2.90. The van der Waals surface area contributed by atoms with Crippen LogP contribution >= 0.6 is 0 Å². The number of hydrazine groups is 1. The first-order valence-electron chi connectivity index (χ1n) is 3.94. The Morgan fingerprint density at radius 2 is 2.23 bits per heavy atom. The van der Waals surface area contributed by atoms with Crippen molar-refractivity contribution in [2.75, 3.05) is 7.05 Å². The van der Waals surface area contributed by atoms with Crippen LogP contribution in [0, 0.1) is 0 Å². The van der Waals surface area contributed by atoms with Gasteiger partial charge in [0.05, 0.1) is 6.20 Å². The van der Waals surface area contributed by atoms with Gasteiger partial charge in [-0.15, -0.1) is 0 Å². The van der Waals surface area contributed by atoms with Gasteiger partial charge in [-0.3, -0.25) is 4.90 Å². The highest BCUT2D eigenvalue weighted by Gasteiger charge is 2.27. The van der Waals surface area contributed by atoms with Gasteiger partial charge in [-0.1, -0.05) is 0 Å². The second-order valence-corrected chi connectivity index (χ2v) is 2.90. The van der Waals surface area contributed by atoms with Crippen LogP contribution in [0.2, 0.25) is 0 Å². The number of aliphatic imine (C=N–C) groups is 1. The van der Waals surface area contributed by atoms with Crippen molar-refractivity contribution in [2.24, 2.45) is 4.99 Å². The standard InChI is InChI=1S/C8H10N4O/c1-7-5-11-6-9-3-4-12(11)8(13)10(7)2/h3-6H,1-2H3. The predicted molar refractivity (Wildman–Crippen MR) is 48.2 cm³/mol. The first kappa shape index (κ1) is 7.85. The SMILES string of the molecule is CC1=CN2C=NC=CN2C(=O)N1C. The molecule has 0 spiro atoms. The lowest BCUT2D eigenvalue weighted by molar-refractivity contribution is 0.120. The molecule has 0 aromatic heterocycles. The van der Waals surface area contributed by atoms with Crippen molar-refractivity contribution in [3.8, 4) is 0 Å². The molecular formula is C8H10N4O. The highest BCUT2D eigenvalue weighted by atomic mass is 16.2. The molecule has 0 radical (unpaired) electrons. The van der Waals surface area contributed by atoms with Crippen molar-refractivity contribution in [3.05, 3.63) is 24.3 Å². The lowest BCUT2D eigenvalue weighted by Crippen LogP contribution is -2.49. The van der Waals surface area contributed by atoms with Gasteiger partial charge in [0.25, 0.3) is 0 Å². The van der Waals surface area contributed by atoms with Gasteiger partial charge < -0.3 is 0 Å². The Kier molecular flexibility index (Phi) is 1.58. The number of nitrogens with zero attached hydrogens (tertiary/aromatic N) is 4. The van der Waals surface area contributed by atoms with Crippen molar-refractivity contribution in [3.63, 3.8) is 0 Å². The molecule has 0 fully saturated rings. The monoisotopic (exact) mass is 178 g/mol. The molecule has 2 heterocycles. The fourth-order valence-electron chi connectivity index (χ4n) is 1.18. The number of urea groups is 1. The van der Waals surface area contributed by atoms with Gasteiger partial charge in [-0.05, 0) is 6.92 Å². The first-order valence-corrected chi connectivity index (χ1v) is 3.94. The lowest BCUT2D eigenvalue weighted by atomic mass is 10.4. The van der Waals surface area contributed by atoms with Crippen molar-refractivity contribution in [2.45, 2.75) is 6.92 Å². The summed E-state index contributed by atoms with van der Waals surface area (Å²) in [6.45, 7) is 1.88. The van der Waals surface area contributed by atoms with E-state index >= 15 is 0 Å². The van der Waals surface area contributed by atoms with Gasteiger partial charge in [-0.2, -0.15) is 0 Å². The van der Waals surface area contributed by atoms with E-state index < -0.39 is 0 Å². The van der Waals surface area contributed by atoms with Crippen LogP contribution in [-0.2, 0) is 0 Å².